The van der Waals surface area contributed by atoms with E-state index in [9.17, 15) is 23.5 Å². The first-order valence-electron chi connectivity index (χ1n) is 5.39. The Bertz CT molecular complexity index is 542. The molecule has 1 aromatic carbocycles. The van der Waals surface area contributed by atoms with Crippen molar-refractivity contribution in [1.29, 1.82) is 0 Å². The fraction of sp³-hybridized carbons (Fsp3) is 0.333. The summed E-state index contributed by atoms with van der Waals surface area (Å²) in [7, 11) is 0. The van der Waals surface area contributed by atoms with Gasteiger partial charge in [-0.15, -0.1) is 0 Å². The van der Waals surface area contributed by atoms with Crippen LogP contribution < -0.4 is 4.90 Å². The molecular weight excluding hydrogens is 244 g/mol. The summed E-state index contributed by atoms with van der Waals surface area (Å²) in [6.45, 7) is 2.96. The molecule has 0 radical (unpaired) electrons. The lowest BCUT2D eigenvalue weighted by atomic mass is 10.1. The third-order valence-corrected chi connectivity index (χ3v) is 3.06. The number of hydrogen-bond donors (Lipinski definition) is 1. The molecule has 0 aromatic heterocycles. The molecule has 1 aromatic rings. The summed E-state index contributed by atoms with van der Waals surface area (Å²) in [4.78, 5) is 24.4. The lowest BCUT2D eigenvalue weighted by Gasteiger charge is -2.26. The van der Waals surface area contributed by atoms with E-state index in [1.54, 1.807) is 0 Å². The molecule has 1 heterocycles. The quantitative estimate of drug-likeness (QED) is 0.809. The summed E-state index contributed by atoms with van der Waals surface area (Å²) in [5.41, 5.74) is -0.177. The van der Waals surface area contributed by atoms with Crippen LogP contribution in [0.5, 0.6) is 0 Å². The number of anilines is 1. The van der Waals surface area contributed by atoms with E-state index in [1.165, 1.54) is 13.8 Å². The van der Waals surface area contributed by atoms with Gasteiger partial charge in [-0.25, -0.2) is 8.78 Å². The third-order valence-electron chi connectivity index (χ3n) is 3.06. The monoisotopic (exact) mass is 255 g/mol. The Kier molecular flexibility index (Phi) is 2.90. The van der Waals surface area contributed by atoms with Crippen LogP contribution in [-0.2, 0) is 4.79 Å². The first kappa shape index (κ1) is 12.6. The summed E-state index contributed by atoms with van der Waals surface area (Å²) in [6, 6.07) is 0.805. The van der Waals surface area contributed by atoms with E-state index in [0.717, 1.165) is 11.0 Å². The van der Waals surface area contributed by atoms with E-state index in [1.807, 2.05) is 0 Å². The average Bonchev–Trinajstić information content (AvgIpc) is 2.53. The summed E-state index contributed by atoms with van der Waals surface area (Å²) in [5.74, 6) is -4.10. The van der Waals surface area contributed by atoms with Crippen molar-refractivity contribution in [3.8, 4) is 0 Å². The fourth-order valence-corrected chi connectivity index (χ4v) is 1.87. The van der Waals surface area contributed by atoms with Gasteiger partial charge in [0.2, 0.25) is 0 Å². The van der Waals surface area contributed by atoms with Gasteiger partial charge in [0.1, 0.15) is 0 Å². The van der Waals surface area contributed by atoms with Crippen molar-refractivity contribution in [1.82, 2.24) is 0 Å². The molecule has 2 rings (SSSR count). The molecule has 96 valence electrons. The highest BCUT2D eigenvalue weighted by molar-refractivity contribution is 6.52. The molecule has 0 saturated heterocycles. The van der Waals surface area contributed by atoms with Gasteiger partial charge in [-0.05, 0) is 19.9 Å². The first-order valence-corrected chi connectivity index (χ1v) is 5.39. The van der Waals surface area contributed by atoms with Gasteiger partial charge in [0.05, 0.1) is 23.4 Å². The van der Waals surface area contributed by atoms with E-state index >= 15 is 0 Å². The number of nitrogens with zero attached hydrogens (tertiary/aromatic N) is 1. The number of benzene rings is 1. The molecule has 0 spiro atoms. The Morgan fingerprint density at radius 3 is 2.28 bits per heavy atom. The van der Waals surface area contributed by atoms with Crippen LogP contribution in [0.15, 0.2) is 12.1 Å². The number of fused-ring (bicyclic) bond motifs is 1. The first-order chi connectivity index (χ1) is 8.34. The van der Waals surface area contributed by atoms with E-state index < -0.39 is 35.5 Å². The number of aliphatic hydroxyl groups is 1. The van der Waals surface area contributed by atoms with Gasteiger partial charge in [0, 0.05) is 6.07 Å². The molecule has 0 bridgehead atoms. The molecule has 18 heavy (non-hydrogen) atoms. The standard InChI is InChI=1S/C12H11F2NO3/c1-5(6(2)16)15-10-4-9(14)8(13)3-7(10)11(17)12(15)18/h3-6,16H,1-2H3. The van der Waals surface area contributed by atoms with Crippen molar-refractivity contribution in [3.63, 3.8) is 0 Å². The van der Waals surface area contributed by atoms with Crippen molar-refractivity contribution in [2.45, 2.75) is 26.0 Å². The van der Waals surface area contributed by atoms with Crippen LogP contribution in [0.4, 0.5) is 14.5 Å². The van der Waals surface area contributed by atoms with Gasteiger partial charge in [-0.3, -0.25) is 14.5 Å². The van der Waals surface area contributed by atoms with Gasteiger partial charge in [0.15, 0.2) is 11.6 Å². The zero-order valence-electron chi connectivity index (χ0n) is 9.78. The Balaban J connectivity index is 2.58. The third kappa shape index (κ3) is 1.69. The second-order valence-electron chi connectivity index (χ2n) is 4.27. The minimum absolute atomic E-state index is 0.00250. The summed E-state index contributed by atoms with van der Waals surface area (Å²) in [6.07, 6.45) is -0.902. The van der Waals surface area contributed by atoms with Crippen LogP contribution >= 0.6 is 0 Å². The zero-order chi connectivity index (χ0) is 13.6. The van der Waals surface area contributed by atoms with Gasteiger partial charge in [0.25, 0.3) is 11.7 Å². The minimum Gasteiger partial charge on any atom is -0.391 e. The van der Waals surface area contributed by atoms with Gasteiger partial charge < -0.3 is 5.11 Å². The fourth-order valence-electron chi connectivity index (χ4n) is 1.87. The van der Waals surface area contributed by atoms with Crippen LogP contribution in [0.25, 0.3) is 0 Å². The average molecular weight is 255 g/mol. The predicted molar refractivity (Wildman–Crippen MR) is 59.3 cm³/mol. The van der Waals surface area contributed by atoms with Crippen LogP contribution in [0.2, 0.25) is 0 Å². The molecular formula is C12H11F2NO3. The Labute approximate surface area is 102 Å². The number of aliphatic hydroxyl groups excluding tert-OH is 1. The molecule has 1 N–H and O–H groups in total. The number of Topliss-reactive ketones (excluding diaryl/α,β-unsaturated/α-hetero) is 1. The number of carbonyl (C=O) groups excluding carboxylic acids is 2. The van der Waals surface area contributed by atoms with E-state index in [4.69, 9.17) is 0 Å². The summed E-state index contributed by atoms with van der Waals surface area (Å²) < 4.78 is 26.2. The van der Waals surface area contributed by atoms with Crippen molar-refractivity contribution < 1.29 is 23.5 Å². The Morgan fingerprint density at radius 2 is 1.72 bits per heavy atom. The lowest BCUT2D eigenvalue weighted by molar-refractivity contribution is -0.115. The molecule has 6 heteroatoms. The molecule has 0 fully saturated rings. The van der Waals surface area contributed by atoms with Crippen molar-refractivity contribution in [2.75, 3.05) is 4.90 Å². The Hall–Kier alpha value is -1.82. The second kappa shape index (κ2) is 4.13. The number of rotatable bonds is 2. The summed E-state index contributed by atoms with van der Waals surface area (Å²) in [5, 5.41) is 9.46. The highest BCUT2D eigenvalue weighted by atomic mass is 19.2. The van der Waals surface area contributed by atoms with E-state index in [0.29, 0.717) is 6.07 Å². The van der Waals surface area contributed by atoms with E-state index in [-0.39, 0.29) is 11.3 Å². The number of ketones is 1. The second-order valence-corrected chi connectivity index (χ2v) is 4.27. The molecule has 2 unspecified atom stereocenters. The molecule has 1 amide bonds. The van der Waals surface area contributed by atoms with Crippen LogP contribution in [-0.4, -0.2) is 28.9 Å². The van der Waals surface area contributed by atoms with Gasteiger partial charge in [-0.1, -0.05) is 0 Å². The maximum atomic E-state index is 13.2. The molecule has 1 aliphatic heterocycles. The number of carbonyl (C=O) groups is 2. The van der Waals surface area contributed by atoms with Crippen molar-refractivity contribution >= 4 is 17.4 Å². The van der Waals surface area contributed by atoms with Crippen LogP contribution in [0, 0.1) is 11.6 Å². The number of amides is 1. The number of halogens is 2. The van der Waals surface area contributed by atoms with Gasteiger partial charge in [-0.2, -0.15) is 0 Å². The van der Waals surface area contributed by atoms with Crippen molar-refractivity contribution in [2.24, 2.45) is 0 Å². The SMILES string of the molecule is CC(O)C(C)N1C(=O)C(=O)c2cc(F)c(F)cc21. The summed E-state index contributed by atoms with van der Waals surface area (Å²) >= 11 is 0. The predicted octanol–water partition coefficient (Wildman–Crippen LogP) is 1.26. The minimum atomic E-state index is -1.18. The zero-order valence-corrected chi connectivity index (χ0v) is 9.78. The molecule has 4 nitrogen and oxygen atoms in total. The molecule has 0 saturated carbocycles. The smallest absolute Gasteiger partial charge is 0.299 e. The van der Waals surface area contributed by atoms with Gasteiger partial charge >= 0.3 is 0 Å². The Morgan fingerprint density at radius 1 is 1.17 bits per heavy atom. The highest BCUT2D eigenvalue weighted by Crippen LogP contribution is 2.33. The van der Waals surface area contributed by atoms with Crippen molar-refractivity contribution in [3.05, 3.63) is 29.3 Å². The van der Waals surface area contributed by atoms with Crippen LogP contribution in [0.1, 0.15) is 24.2 Å². The molecule has 2 atom stereocenters. The van der Waals surface area contributed by atoms with Crippen LogP contribution in [0.3, 0.4) is 0 Å². The van der Waals surface area contributed by atoms with E-state index in [2.05, 4.69) is 0 Å². The maximum absolute atomic E-state index is 13.2. The highest BCUT2D eigenvalue weighted by Gasteiger charge is 2.40. The topological polar surface area (TPSA) is 57.6 Å². The molecule has 0 aliphatic carbocycles. The molecule has 1 aliphatic rings. The number of hydrogen-bond acceptors (Lipinski definition) is 3. The maximum Gasteiger partial charge on any atom is 0.299 e. The largest absolute Gasteiger partial charge is 0.391 e. The normalized spacial score (nSPS) is 17.9. The lowest BCUT2D eigenvalue weighted by Crippen LogP contribution is -2.43.